The number of likely N-dealkylation sites (tertiary alicyclic amines) is 1. The van der Waals surface area contributed by atoms with Crippen LogP contribution in [0.15, 0.2) is 18.2 Å². The Morgan fingerprint density at radius 3 is 2.46 bits per heavy atom. The van der Waals surface area contributed by atoms with Crippen LogP contribution in [-0.4, -0.2) is 49.1 Å². The standard InChI is InChI=1S/C15H16ClF3N2O3/c1-24-12-3-2-9(16)8-11(12)13(22)21-6-4-10(5-7-21)20-14(23)15(17,18)19/h2-3,8,10H,4-7H2,1H3,(H,20,23). The van der Waals surface area contributed by atoms with Gasteiger partial charge in [-0.1, -0.05) is 11.6 Å². The molecule has 0 aromatic heterocycles. The Labute approximate surface area is 141 Å². The van der Waals surface area contributed by atoms with Gasteiger partial charge in [0.15, 0.2) is 0 Å². The van der Waals surface area contributed by atoms with Gasteiger partial charge in [-0.25, -0.2) is 0 Å². The fourth-order valence-corrected chi connectivity index (χ4v) is 2.68. The molecule has 1 aliphatic heterocycles. The molecule has 0 bridgehead atoms. The zero-order valence-corrected chi connectivity index (χ0v) is 13.6. The molecule has 1 aromatic rings. The van der Waals surface area contributed by atoms with Crippen molar-refractivity contribution < 1.29 is 27.5 Å². The van der Waals surface area contributed by atoms with E-state index in [1.165, 1.54) is 18.1 Å². The molecule has 0 unspecified atom stereocenters. The molecule has 1 aliphatic rings. The van der Waals surface area contributed by atoms with Crippen molar-refractivity contribution in [3.8, 4) is 5.75 Å². The van der Waals surface area contributed by atoms with Gasteiger partial charge in [-0.2, -0.15) is 13.2 Å². The minimum absolute atomic E-state index is 0.233. The van der Waals surface area contributed by atoms with Crippen molar-refractivity contribution >= 4 is 23.4 Å². The maximum Gasteiger partial charge on any atom is 0.471 e. The summed E-state index contributed by atoms with van der Waals surface area (Å²) in [6.07, 6.45) is -4.41. The number of carbonyl (C=O) groups excluding carboxylic acids is 2. The number of methoxy groups -OCH3 is 1. The highest BCUT2D eigenvalue weighted by Crippen LogP contribution is 2.25. The molecule has 132 valence electrons. The minimum Gasteiger partial charge on any atom is -0.496 e. The summed E-state index contributed by atoms with van der Waals surface area (Å²) in [5.41, 5.74) is 0.294. The number of halogens is 4. The zero-order valence-electron chi connectivity index (χ0n) is 12.8. The lowest BCUT2D eigenvalue weighted by molar-refractivity contribution is -0.174. The molecule has 1 heterocycles. The van der Waals surface area contributed by atoms with E-state index in [1.807, 2.05) is 5.32 Å². The second-order valence-corrected chi connectivity index (χ2v) is 5.82. The van der Waals surface area contributed by atoms with Crippen LogP contribution in [0, 0.1) is 0 Å². The van der Waals surface area contributed by atoms with Gasteiger partial charge in [-0.3, -0.25) is 9.59 Å². The summed E-state index contributed by atoms with van der Waals surface area (Å²) < 4.78 is 41.9. The molecule has 0 radical (unpaired) electrons. The van der Waals surface area contributed by atoms with Crippen LogP contribution >= 0.6 is 11.6 Å². The van der Waals surface area contributed by atoms with Gasteiger partial charge >= 0.3 is 12.1 Å². The summed E-state index contributed by atoms with van der Waals surface area (Å²) in [4.78, 5) is 25.0. The number of nitrogens with zero attached hydrogens (tertiary/aromatic N) is 1. The number of hydrogen-bond donors (Lipinski definition) is 1. The predicted molar refractivity (Wildman–Crippen MR) is 81.1 cm³/mol. The Hall–Kier alpha value is -1.96. The number of piperidine rings is 1. The van der Waals surface area contributed by atoms with E-state index in [4.69, 9.17) is 16.3 Å². The highest BCUT2D eigenvalue weighted by molar-refractivity contribution is 6.31. The van der Waals surface area contributed by atoms with Crippen LogP contribution in [0.5, 0.6) is 5.75 Å². The lowest BCUT2D eigenvalue weighted by Crippen LogP contribution is -2.49. The van der Waals surface area contributed by atoms with Crippen LogP contribution in [0.25, 0.3) is 0 Å². The molecule has 5 nitrogen and oxygen atoms in total. The molecule has 0 aliphatic carbocycles. The smallest absolute Gasteiger partial charge is 0.471 e. The van der Waals surface area contributed by atoms with Crippen molar-refractivity contribution in [1.29, 1.82) is 0 Å². The molecular formula is C15H16ClF3N2O3. The normalized spacial score (nSPS) is 16.0. The van der Waals surface area contributed by atoms with Crippen molar-refractivity contribution in [2.45, 2.75) is 25.1 Å². The van der Waals surface area contributed by atoms with Crippen LogP contribution in [0.2, 0.25) is 5.02 Å². The number of amides is 2. The van der Waals surface area contributed by atoms with Gasteiger partial charge in [0.1, 0.15) is 5.75 Å². The molecule has 1 aromatic carbocycles. The van der Waals surface area contributed by atoms with E-state index in [0.29, 0.717) is 16.3 Å². The maximum atomic E-state index is 12.5. The van der Waals surface area contributed by atoms with Gasteiger partial charge in [-0.15, -0.1) is 0 Å². The lowest BCUT2D eigenvalue weighted by Gasteiger charge is -2.32. The number of carbonyl (C=O) groups is 2. The summed E-state index contributed by atoms with van der Waals surface area (Å²) >= 11 is 5.90. The third-order valence-electron chi connectivity index (χ3n) is 3.77. The molecular weight excluding hydrogens is 349 g/mol. The third kappa shape index (κ3) is 4.31. The first-order valence-electron chi connectivity index (χ1n) is 7.23. The van der Waals surface area contributed by atoms with E-state index >= 15 is 0 Å². The van der Waals surface area contributed by atoms with Gasteiger partial charge in [0, 0.05) is 24.2 Å². The molecule has 0 atom stereocenters. The first kappa shape index (κ1) is 18.4. The Morgan fingerprint density at radius 1 is 1.29 bits per heavy atom. The highest BCUT2D eigenvalue weighted by Gasteiger charge is 2.40. The first-order chi connectivity index (χ1) is 11.2. The van der Waals surface area contributed by atoms with Crippen molar-refractivity contribution in [1.82, 2.24) is 10.2 Å². The maximum absolute atomic E-state index is 12.5. The molecule has 1 fully saturated rings. The number of hydrogen-bond acceptors (Lipinski definition) is 3. The predicted octanol–water partition coefficient (Wildman–Crippen LogP) is 2.63. The van der Waals surface area contributed by atoms with E-state index in [2.05, 4.69) is 0 Å². The molecule has 9 heteroatoms. The van der Waals surface area contributed by atoms with E-state index in [1.54, 1.807) is 12.1 Å². The molecule has 1 N–H and O–H groups in total. The van der Waals surface area contributed by atoms with Crippen LogP contribution < -0.4 is 10.1 Å². The summed E-state index contributed by atoms with van der Waals surface area (Å²) in [5.74, 6) is -1.89. The minimum atomic E-state index is -4.90. The van der Waals surface area contributed by atoms with E-state index in [0.717, 1.165) is 0 Å². The molecule has 1 saturated heterocycles. The van der Waals surface area contributed by atoms with E-state index in [-0.39, 0.29) is 31.8 Å². The fraction of sp³-hybridized carbons (Fsp3) is 0.467. The largest absolute Gasteiger partial charge is 0.496 e. The van der Waals surface area contributed by atoms with Crippen molar-refractivity contribution in [3.05, 3.63) is 28.8 Å². The third-order valence-corrected chi connectivity index (χ3v) is 4.00. The number of nitrogens with one attached hydrogen (secondary N) is 1. The topological polar surface area (TPSA) is 58.6 Å². The fourth-order valence-electron chi connectivity index (χ4n) is 2.51. The summed E-state index contributed by atoms with van der Waals surface area (Å²) in [7, 11) is 1.43. The van der Waals surface area contributed by atoms with Crippen molar-refractivity contribution in [3.63, 3.8) is 0 Å². The Balaban J connectivity index is 1.98. The molecule has 0 spiro atoms. The van der Waals surface area contributed by atoms with Gasteiger partial charge in [-0.05, 0) is 31.0 Å². The number of ether oxygens (including phenoxy) is 1. The average molecular weight is 365 g/mol. The second kappa shape index (κ2) is 7.29. The summed E-state index contributed by atoms with van der Waals surface area (Å²) in [6, 6.07) is 4.05. The van der Waals surface area contributed by atoms with Crippen LogP contribution in [0.4, 0.5) is 13.2 Å². The van der Waals surface area contributed by atoms with Gasteiger partial charge in [0.05, 0.1) is 12.7 Å². The summed E-state index contributed by atoms with van der Waals surface area (Å²) in [5, 5.41) is 2.32. The highest BCUT2D eigenvalue weighted by atomic mass is 35.5. The van der Waals surface area contributed by atoms with Gasteiger partial charge in [0.2, 0.25) is 0 Å². The Bertz CT molecular complexity index is 629. The molecule has 2 rings (SSSR count). The SMILES string of the molecule is COc1ccc(Cl)cc1C(=O)N1CCC(NC(=O)C(F)(F)F)CC1. The monoisotopic (exact) mass is 364 g/mol. The van der Waals surface area contributed by atoms with Gasteiger partial charge < -0.3 is 15.0 Å². The Morgan fingerprint density at radius 2 is 1.92 bits per heavy atom. The number of alkyl halides is 3. The molecule has 24 heavy (non-hydrogen) atoms. The Kier molecular flexibility index (Phi) is 5.58. The molecule has 0 saturated carbocycles. The van der Waals surface area contributed by atoms with Crippen LogP contribution in [-0.2, 0) is 4.79 Å². The quantitative estimate of drug-likeness (QED) is 0.897. The van der Waals surface area contributed by atoms with Crippen molar-refractivity contribution in [2.24, 2.45) is 0 Å². The number of benzene rings is 1. The zero-order chi connectivity index (χ0) is 17.9. The van der Waals surface area contributed by atoms with Crippen molar-refractivity contribution in [2.75, 3.05) is 20.2 Å². The second-order valence-electron chi connectivity index (χ2n) is 5.38. The summed E-state index contributed by atoms with van der Waals surface area (Å²) in [6.45, 7) is 0.467. The van der Waals surface area contributed by atoms with Gasteiger partial charge in [0.25, 0.3) is 5.91 Å². The average Bonchev–Trinajstić information content (AvgIpc) is 2.54. The number of rotatable bonds is 3. The van der Waals surface area contributed by atoms with Crippen LogP contribution in [0.3, 0.4) is 0 Å². The first-order valence-corrected chi connectivity index (χ1v) is 7.60. The van der Waals surface area contributed by atoms with Crippen LogP contribution in [0.1, 0.15) is 23.2 Å². The van der Waals surface area contributed by atoms with E-state index < -0.39 is 18.1 Å². The lowest BCUT2D eigenvalue weighted by atomic mass is 10.0. The van der Waals surface area contributed by atoms with E-state index in [9.17, 15) is 22.8 Å². The molecule has 2 amide bonds.